The van der Waals surface area contributed by atoms with Crippen LogP contribution in [0.2, 0.25) is 0 Å². The van der Waals surface area contributed by atoms with Crippen LogP contribution >= 0.6 is 0 Å². The van der Waals surface area contributed by atoms with E-state index in [4.69, 9.17) is 0 Å². The van der Waals surface area contributed by atoms with Crippen molar-refractivity contribution in [1.29, 1.82) is 0 Å². The third-order valence-corrected chi connectivity index (χ3v) is 1.73. The number of fused-ring (bicyclic) bond motifs is 1. The van der Waals surface area contributed by atoms with E-state index in [9.17, 15) is 0 Å². The fourth-order valence-corrected chi connectivity index (χ4v) is 1.09. The average molecular weight is 119 g/mol. The van der Waals surface area contributed by atoms with Crippen LogP contribution in [0.3, 0.4) is 0 Å². The fourth-order valence-electron chi connectivity index (χ4n) is 1.09. The molecule has 1 N–H and O–H groups in total. The van der Waals surface area contributed by atoms with Crippen molar-refractivity contribution in [1.82, 2.24) is 0 Å². The van der Waals surface area contributed by atoms with Crippen LogP contribution in [0.1, 0.15) is 11.1 Å². The molecule has 0 saturated carbocycles. The van der Waals surface area contributed by atoms with Gasteiger partial charge in [0.2, 0.25) is 0 Å². The highest BCUT2D eigenvalue weighted by molar-refractivity contribution is 5.60. The van der Waals surface area contributed by atoms with Crippen LogP contribution in [0, 0.1) is 6.92 Å². The van der Waals surface area contributed by atoms with E-state index >= 15 is 0 Å². The molecule has 0 radical (unpaired) electrons. The molecule has 0 bridgehead atoms. The van der Waals surface area contributed by atoms with E-state index in [1.807, 2.05) is 0 Å². The highest BCUT2D eigenvalue weighted by Crippen LogP contribution is 2.25. The minimum Gasteiger partial charge on any atom is -0.381 e. The van der Waals surface area contributed by atoms with Crippen LogP contribution in [0.5, 0.6) is 0 Å². The Morgan fingerprint density at radius 3 is 2.78 bits per heavy atom. The number of aryl methyl sites for hydroxylation is 1. The van der Waals surface area contributed by atoms with Crippen molar-refractivity contribution in [3.8, 4) is 0 Å². The van der Waals surface area contributed by atoms with Crippen LogP contribution in [-0.2, 0) is 6.54 Å². The molecular weight excluding hydrogens is 110 g/mol. The molecule has 0 fully saturated rings. The molecule has 1 aromatic carbocycles. The van der Waals surface area contributed by atoms with Gasteiger partial charge in [-0.15, -0.1) is 0 Å². The standard InChI is InChI=1S/C8H9N/c1-6-2-3-7-5-9-8(7)4-6/h2-4,9H,5H2,1H3. The zero-order valence-corrected chi connectivity index (χ0v) is 5.44. The molecule has 0 atom stereocenters. The van der Waals surface area contributed by atoms with E-state index in [1.54, 1.807) is 0 Å². The molecule has 1 aliphatic heterocycles. The van der Waals surface area contributed by atoms with E-state index in [-0.39, 0.29) is 0 Å². The Morgan fingerprint density at radius 1 is 1.44 bits per heavy atom. The summed E-state index contributed by atoms with van der Waals surface area (Å²) in [5.74, 6) is 0. The third-order valence-electron chi connectivity index (χ3n) is 1.73. The van der Waals surface area contributed by atoms with E-state index in [1.165, 1.54) is 16.8 Å². The van der Waals surface area contributed by atoms with Gasteiger partial charge in [-0.3, -0.25) is 0 Å². The molecule has 1 heterocycles. The van der Waals surface area contributed by atoms with Gasteiger partial charge < -0.3 is 5.32 Å². The maximum Gasteiger partial charge on any atom is 0.0421 e. The molecule has 0 aromatic heterocycles. The molecule has 0 aliphatic carbocycles. The summed E-state index contributed by atoms with van der Waals surface area (Å²) in [5.41, 5.74) is 4.09. The van der Waals surface area contributed by atoms with Gasteiger partial charge in [0, 0.05) is 12.2 Å². The Bertz CT molecular complexity index is 240. The minimum absolute atomic E-state index is 1.05. The van der Waals surface area contributed by atoms with Crippen molar-refractivity contribution in [2.24, 2.45) is 0 Å². The Kier molecular flexibility index (Phi) is 0.810. The Morgan fingerprint density at radius 2 is 2.33 bits per heavy atom. The van der Waals surface area contributed by atoms with Crippen molar-refractivity contribution in [2.75, 3.05) is 5.32 Å². The number of rotatable bonds is 0. The first-order valence-corrected chi connectivity index (χ1v) is 3.20. The smallest absolute Gasteiger partial charge is 0.0421 e. The van der Waals surface area contributed by atoms with Gasteiger partial charge in [-0.05, 0) is 24.1 Å². The lowest BCUT2D eigenvalue weighted by Gasteiger charge is -2.21. The second kappa shape index (κ2) is 1.50. The molecule has 1 heteroatoms. The predicted octanol–water partition coefficient (Wildman–Crippen LogP) is 1.92. The summed E-state index contributed by atoms with van der Waals surface area (Å²) in [6.07, 6.45) is 0. The lowest BCUT2D eigenvalue weighted by molar-refractivity contribution is 1.05. The quantitative estimate of drug-likeness (QED) is 0.550. The largest absolute Gasteiger partial charge is 0.381 e. The fraction of sp³-hybridized carbons (Fsp3) is 0.250. The van der Waals surface area contributed by atoms with Gasteiger partial charge in [-0.25, -0.2) is 0 Å². The van der Waals surface area contributed by atoms with Gasteiger partial charge in [0.25, 0.3) is 0 Å². The molecular formula is C8H9N. The minimum atomic E-state index is 1.05. The van der Waals surface area contributed by atoms with E-state index < -0.39 is 0 Å². The lowest BCUT2D eigenvalue weighted by atomic mass is 10.0. The van der Waals surface area contributed by atoms with Gasteiger partial charge in [0.15, 0.2) is 0 Å². The molecule has 0 spiro atoms. The SMILES string of the molecule is Cc1ccc2c(c1)NC2. The second-order valence-electron chi connectivity index (χ2n) is 2.51. The van der Waals surface area contributed by atoms with Crippen molar-refractivity contribution >= 4 is 5.69 Å². The van der Waals surface area contributed by atoms with Gasteiger partial charge in [-0.1, -0.05) is 12.1 Å². The highest BCUT2D eigenvalue weighted by atomic mass is 14.9. The number of benzene rings is 1. The molecule has 0 unspecified atom stereocenters. The second-order valence-corrected chi connectivity index (χ2v) is 2.51. The van der Waals surface area contributed by atoms with Crippen LogP contribution in [-0.4, -0.2) is 0 Å². The van der Waals surface area contributed by atoms with Crippen molar-refractivity contribution < 1.29 is 0 Å². The molecule has 46 valence electrons. The maximum absolute atomic E-state index is 3.23. The molecule has 1 aliphatic rings. The molecule has 2 rings (SSSR count). The lowest BCUT2D eigenvalue weighted by Crippen LogP contribution is -2.12. The molecule has 0 amide bonds. The average Bonchev–Trinajstić information content (AvgIpc) is 1.78. The van der Waals surface area contributed by atoms with Crippen molar-refractivity contribution in [3.63, 3.8) is 0 Å². The molecule has 1 aromatic rings. The summed E-state index contributed by atoms with van der Waals surface area (Å²) in [7, 11) is 0. The Balaban J connectivity index is 2.57. The van der Waals surface area contributed by atoms with E-state index in [0.29, 0.717) is 0 Å². The molecule has 0 saturated heterocycles. The molecule has 9 heavy (non-hydrogen) atoms. The Labute approximate surface area is 54.7 Å². The highest BCUT2D eigenvalue weighted by Gasteiger charge is 2.09. The zero-order valence-electron chi connectivity index (χ0n) is 5.44. The topological polar surface area (TPSA) is 12.0 Å². The summed E-state index contributed by atoms with van der Waals surface area (Å²) in [6, 6.07) is 6.51. The van der Waals surface area contributed by atoms with Gasteiger partial charge in [-0.2, -0.15) is 0 Å². The summed E-state index contributed by atoms with van der Waals surface area (Å²) in [6.45, 7) is 3.16. The summed E-state index contributed by atoms with van der Waals surface area (Å²) >= 11 is 0. The first kappa shape index (κ1) is 4.86. The van der Waals surface area contributed by atoms with Crippen molar-refractivity contribution in [3.05, 3.63) is 29.3 Å². The zero-order chi connectivity index (χ0) is 6.27. The first-order valence-electron chi connectivity index (χ1n) is 3.20. The van der Waals surface area contributed by atoms with Crippen LogP contribution in [0.4, 0.5) is 5.69 Å². The predicted molar refractivity (Wildman–Crippen MR) is 38.5 cm³/mol. The maximum atomic E-state index is 3.23. The number of hydrogen-bond acceptors (Lipinski definition) is 1. The summed E-state index contributed by atoms with van der Waals surface area (Å²) < 4.78 is 0. The van der Waals surface area contributed by atoms with Gasteiger partial charge >= 0.3 is 0 Å². The Hall–Kier alpha value is -0.980. The monoisotopic (exact) mass is 119 g/mol. The van der Waals surface area contributed by atoms with Gasteiger partial charge in [0.05, 0.1) is 0 Å². The van der Waals surface area contributed by atoms with Crippen LogP contribution in [0.15, 0.2) is 18.2 Å². The normalized spacial score (nSPS) is 13.4. The summed E-state index contributed by atoms with van der Waals surface area (Å²) in [5, 5.41) is 3.23. The molecule has 1 nitrogen and oxygen atoms in total. The van der Waals surface area contributed by atoms with E-state index in [0.717, 1.165) is 6.54 Å². The number of hydrogen-bond donors (Lipinski definition) is 1. The van der Waals surface area contributed by atoms with Crippen molar-refractivity contribution in [2.45, 2.75) is 13.5 Å². The number of nitrogens with one attached hydrogen (secondary N) is 1. The van der Waals surface area contributed by atoms with Crippen LogP contribution < -0.4 is 5.32 Å². The van der Waals surface area contributed by atoms with E-state index in [2.05, 4.69) is 30.4 Å². The third kappa shape index (κ3) is 0.611. The summed E-state index contributed by atoms with van der Waals surface area (Å²) in [4.78, 5) is 0. The van der Waals surface area contributed by atoms with Crippen LogP contribution in [0.25, 0.3) is 0 Å². The number of anilines is 1. The first-order chi connectivity index (χ1) is 4.36. The van der Waals surface area contributed by atoms with Gasteiger partial charge in [0.1, 0.15) is 0 Å².